The van der Waals surface area contributed by atoms with Crippen LogP contribution in [0.1, 0.15) is 18.4 Å². The first-order chi connectivity index (χ1) is 8.18. The van der Waals surface area contributed by atoms with Gasteiger partial charge in [-0.3, -0.25) is 4.79 Å². The zero-order valence-electron chi connectivity index (χ0n) is 9.92. The Morgan fingerprint density at radius 2 is 2.12 bits per heavy atom. The summed E-state index contributed by atoms with van der Waals surface area (Å²) in [6, 6.07) is 7.89. The van der Waals surface area contributed by atoms with Crippen molar-refractivity contribution in [3.8, 4) is 0 Å². The number of rotatable bonds is 5. The number of carbonyl (C=O) groups excluding carboxylic acids is 1. The summed E-state index contributed by atoms with van der Waals surface area (Å²) in [5, 5.41) is 6.59. The Morgan fingerprint density at radius 3 is 2.71 bits per heavy atom. The van der Waals surface area contributed by atoms with E-state index < -0.39 is 0 Å². The van der Waals surface area contributed by atoms with Crippen molar-refractivity contribution in [2.75, 3.05) is 20.1 Å². The summed E-state index contributed by atoms with van der Waals surface area (Å²) in [6.45, 7) is 1.04. The van der Waals surface area contributed by atoms with Gasteiger partial charge in [-0.1, -0.05) is 29.8 Å². The summed E-state index contributed by atoms with van der Waals surface area (Å²) in [4.78, 5) is 11.4. The molecule has 0 saturated heterocycles. The molecular formula is C13H17ClN2O. The topological polar surface area (TPSA) is 41.1 Å². The average Bonchev–Trinajstić information content (AvgIpc) is 3.09. The number of benzene rings is 1. The monoisotopic (exact) mass is 252 g/mol. The molecule has 0 atom stereocenters. The number of carbonyl (C=O) groups is 1. The van der Waals surface area contributed by atoms with Crippen molar-refractivity contribution in [1.82, 2.24) is 10.6 Å². The normalized spacial score (nSPS) is 16.6. The predicted molar refractivity (Wildman–Crippen MR) is 69.3 cm³/mol. The molecule has 1 aliphatic carbocycles. The molecule has 1 aromatic rings. The van der Waals surface area contributed by atoms with Crippen molar-refractivity contribution in [3.05, 3.63) is 34.9 Å². The molecule has 2 N–H and O–H groups in total. The van der Waals surface area contributed by atoms with E-state index in [0.717, 1.165) is 23.4 Å². The second kappa shape index (κ2) is 5.07. The Labute approximate surface area is 107 Å². The number of likely N-dealkylation sites (N-methyl/N-ethyl adjacent to an activating group) is 1. The first-order valence-corrected chi connectivity index (χ1v) is 6.22. The summed E-state index contributed by atoms with van der Waals surface area (Å²) >= 11 is 6.20. The van der Waals surface area contributed by atoms with Gasteiger partial charge in [0.1, 0.15) is 0 Å². The van der Waals surface area contributed by atoms with Gasteiger partial charge in [-0.25, -0.2) is 0 Å². The highest BCUT2D eigenvalue weighted by Crippen LogP contribution is 2.49. The molecule has 1 aromatic carbocycles. The lowest BCUT2D eigenvalue weighted by molar-refractivity contribution is -0.120. The first-order valence-electron chi connectivity index (χ1n) is 5.84. The molecule has 0 radical (unpaired) electrons. The van der Waals surface area contributed by atoms with Crippen LogP contribution in [0.3, 0.4) is 0 Å². The summed E-state index contributed by atoms with van der Waals surface area (Å²) in [7, 11) is 1.76. The van der Waals surface area contributed by atoms with Crippen molar-refractivity contribution in [2.45, 2.75) is 18.3 Å². The molecule has 1 saturated carbocycles. The van der Waals surface area contributed by atoms with Crippen molar-refractivity contribution in [1.29, 1.82) is 0 Å². The number of amides is 1. The molecule has 17 heavy (non-hydrogen) atoms. The van der Waals surface area contributed by atoms with Gasteiger partial charge in [-0.2, -0.15) is 0 Å². The summed E-state index contributed by atoms with van der Waals surface area (Å²) < 4.78 is 0. The Bertz CT molecular complexity index is 416. The quantitative estimate of drug-likeness (QED) is 0.838. The van der Waals surface area contributed by atoms with Crippen molar-refractivity contribution in [2.24, 2.45) is 0 Å². The average molecular weight is 253 g/mol. The second-order valence-corrected chi connectivity index (χ2v) is 4.97. The highest BCUT2D eigenvalue weighted by molar-refractivity contribution is 6.31. The van der Waals surface area contributed by atoms with E-state index in [9.17, 15) is 4.79 Å². The Balaban J connectivity index is 2.01. The van der Waals surface area contributed by atoms with Gasteiger partial charge in [0.2, 0.25) is 5.91 Å². The fourth-order valence-corrected chi connectivity index (χ4v) is 2.41. The molecule has 1 amide bonds. The van der Waals surface area contributed by atoms with E-state index in [2.05, 4.69) is 16.7 Å². The largest absolute Gasteiger partial charge is 0.354 e. The molecule has 0 spiro atoms. The zero-order chi connectivity index (χ0) is 12.3. The number of halogens is 1. The maximum atomic E-state index is 11.4. The van der Waals surface area contributed by atoms with Crippen LogP contribution < -0.4 is 10.6 Å². The smallest absolute Gasteiger partial charge is 0.233 e. The van der Waals surface area contributed by atoms with Crippen LogP contribution in [0.15, 0.2) is 24.3 Å². The standard InChI is InChI=1S/C13H17ClN2O/c1-15-8-12(17)16-9-13(6-7-13)10-4-2-3-5-11(10)14/h2-5,15H,6-9H2,1H3,(H,16,17). The van der Waals surface area contributed by atoms with Gasteiger partial charge in [-0.15, -0.1) is 0 Å². The molecule has 0 bridgehead atoms. The molecule has 0 heterocycles. The zero-order valence-corrected chi connectivity index (χ0v) is 10.7. The molecule has 3 nitrogen and oxygen atoms in total. The highest BCUT2D eigenvalue weighted by Gasteiger charge is 2.45. The molecule has 0 unspecified atom stereocenters. The minimum Gasteiger partial charge on any atom is -0.354 e. The van der Waals surface area contributed by atoms with Gasteiger partial charge in [0, 0.05) is 17.0 Å². The molecule has 4 heteroatoms. The lowest BCUT2D eigenvalue weighted by atomic mass is 9.96. The molecule has 0 aromatic heterocycles. The molecule has 1 aliphatic rings. The fraction of sp³-hybridized carbons (Fsp3) is 0.462. The van der Waals surface area contributed by atoms with E-state index in [4.69, 9.17) is 11.6 Å². The third-order valence-electron chi connectivity index (χ3n) is 3.26. The second-order valence-electron chi connectivity index (χ2n) is 4.57. The number of hydrogen-bond acceptors (Lipinski definition) is 2. The van der Waals surface area contributed by atoms with Crippen molar-refractivity contribution in [3.63, 3.8) is 0 Å². The Morgan fingerprint density at radius 1 is 1.41 bits per heavy atom. The van der Waals surface area contributed by atoms with Crippen molar-refractivity contribution < 1.29 is 4.79 Å². The van der Waals surface area contributed by atoms with Crippen LogP contribution in [0, 0.1) is 0 Å². The lowest BCUT2D eigenvalue weighted by Crippen LogP contribution is -2.37. The van der Waals surface area contributed by atoms with E-state index >= 15 is 0 Å². The van der Waals surface area contributed by atoms with Crippen LogP contribution in [0.25, 0.3) is 0 Å². The van der Waals surface area contributed by atoms with Gasteiger partial charge >= 0.3 is 0 Å². The number of hydrogen-bond donors (Lipinski definition) is 2. The SMILES string of the molecule is CNCC(=O)NCC1(c2ccccc2Cl)CC1. The van der Waals surface area contributed by atoms with E-state index in [1.54, 1.807) is 7.05 Å². The Kier molecular flexibility index (Phi) is 3.69. The maximum Gasteiger partial charge on any atom is 0.233 e. The van der Waals surface area contributed by atoms with Crippen LogP contribution in [0.5, 0.6) is 0 Å². The fourth-order valence-electron chi connectivity index (χ4n) is 2.07. The summed E-state index contributed by atoms with van der Waals surface area (Å²) in [6.07, 6.45) is 2.19. The molecule has 1 fully saturated rings. The maximum absolute atomic E-state index is 11.4. The summed E-state index contributed by atoms with van der Waals surface area (Å²) in [5.41, 5.74) is 1.23. The van der Waals surface area contributed by atoms with Gasteiger partial charge in [0.15, 0.2) is 0 Å². The molecule has 92 valence electrons. The molecule has 0 aliphatic heterocycles. The van der Waals surface area contributed by atoms with Crippen LogP contribution >= 0.6 is 11.6 Å². The van der Waals surface area contributed by atoms with Gasteiger partial charge in [0.05, 0.1) is 6.54 Å². The predicted octanol–water partition coefficient (Wildman–Crippen LogP) is 1.71. The van der Waals surface area contributed by atoms with Crippen LogP contribution in [-0.2, 0) is 10.2 Å². The third kappa shape index (κ3) is 2.79. The van der Waals surface area contributed by atoms with E-state index in [1.165, 1.54) is 0 Å². The van der Waals surface area contributed by atoms with Crippen LogP contribution in [0.2, 0.25) is 5.02 Å². The number of nitrogens with one attached hydrogen (secondary N) is 2. The van der Waals surface area contributed by atoms with Crippen LogP contribution in [0.4, 0.5) is 0 Å². The van der Waals surface area contributed by atoms with E-state index in [1.807, 2.05) is 18.2 Å². The van der Waals surface area contributed by atoms with Crippen molar-refractivity contribution >= 4 is 17.5 Å². The van der Waals surface area contributed by atoms with Crippen LogP contribution in [-0.4, -0.2) is 26.0 Å². The molecular weight excluding hydrogens is 236 g/mol. The van der Waals surface area contributed by atoms with E-state index in [-0.39, 0.29) is 11.3 Å². The minimum absolute atomic E-state index is 0.0332. The molecule has 2 rings (SSSR count). The highest BCUT2D eigenvalue weighted by atomic mass is 35.5. The van der Waals surface area contributed by atoms with Gasteiger partial charge in [0.25, 0.3) is 0 Å². The summed E-state index contributed by atoms with van der Waals surface area (Å²) in [5.74, 6) is 0.0332. The third-order valence-corrected chi connectivity index (χ3v) is 3.59. The lowest BCUT2D eigenvalue weighted by Gasteiger charge is -2.17. The van der Waals surface area contributed by atoms with Gasteiger partial charge < -0.3 is 10.6 Å². The van der Waals surface area contributed by atoms with Gasteiger partial charge in [-0.05, 0) is 31.5 Å². The Hall–Kier alpha value is -1.06. The minimum atomic E-state index is 0.0332. The first kappa shape index (κ1) is 12.4. The van der Waals surface area contributed by atoms with E-state index in [0.29, 0.717) is 13.1 Å².